The minimum atomic E-state index is -3.40. The van der Waals surface area contributed by atoms with E-state index < -0.39 is 27.8 Å². The van der Waals surface area contributed by atoms with Crippen LogP contribution in [0.5, 0.6) is 0 Å². The number of amides is 1. The van der Waals surface area contributed by atoms with Crippen LogP contribution in [0, 0.1) is 12.8 Å². The van der Waals surface area contributed by atoms with Gasteiger partial charge in [-0.25, -0.2) is 8.42 Å². The molecule has 2 aromatic rings. The van der Waals surface area contributed by atoms with Crippen molar-refractivity contribution in [3.05, 3.63) is 59.2 Å². The Bertz CT molecular complexity index is 1250. The molecule has 7 nitrogen and oxygen atoms in total. The number of carbonyl (C=O) groups excluding carboxylic acids is 2. The standard InChI is InChI=1S/C31H44N2O5S2.Li/c1-4-39-21-25(18-23-11-6-5-7-12-23)32-20-24-14-15-27(28(19-24)26-13-9-8-10-22(26)2)30(34)33-29(31(35)36)16-17-40(3,37)38;/h8-10,13-15,19,23,25,29,32H,4-7,11-12,16-18,20-21H2,1-3H3,(H,33,34)(H,35,36);/q;+1/p-1. The Hall–Kier alpha value is -1.76. The van der Waals surface area contributed by atoms with Gasteiger partial charge < -0.3 is 20.5 Å². The second-order valence-corrected chi connectivity index (χ2v) is 14.5. The summed E-state index contributed by atoms with van der Waals surface area (Å²) in [5, 5.41) is 17.9. The Balaban J connectivity index is 0.00000588. The van der Waals surface area contributed by atoms with Gasteiger partial charge >= 0.3 is 18.9 Å². The van der Waals surface area contributed by atoms with Crippen molar-refractivity contribution < 1.29 is 42.0 Å². The summed E-state index contributed by atoms with van der Waals surface area (Å²) in [5.41, 5.74) is 3.96. The van der Waals surface area contributed by atoms with Crippen LogP contribution in [0.2, 0.25) is 0 Å². The fourth-order valence-corrected chi connectivity index (χ4v) is 6.81. The summed E-state index contributed by atoms with van der Waals surface area (Å²) in [6.07, 6.45) is 8.58. The molecule has 3 rings (SSSR count). The van der Waals surface area contributed by atoms with Crippen LogP contribution >= 0.6 is 11.8 Å². The van der Waals surface area contributed by atoms with E-state index in [1.807, 2.05) is 55.1 Å². The number of benzene rings is 2. The number of rotatable bonds is 15. The van der Waals surface area contributed by atoms with Gasteiger partial charge in [0.05, 0.1) is 17.8 Å². The number of aliphatic carboxylic acids is 1. The minimum Gasteiger partial charge on any atom is -0.548 e. The summed E-state index contributed by atoms with van der Waals surface area (Å²) in [5.74, 6) is 0.479. The fourth-order valence-electron chi connectivity index (χ4n) is 5.37. The quantitative estimate of drug-likeness (QED) is 0.297. The van der Waals surface area contributed by atoms with Gasteiger partial charge in [-0.05, 0) is 65.8 Å². The van der Waals surface area contributed by atoms with E-state index in [9.17, 15) is 23.1 Å². The molecule has 1 aliphatic carbocycles. The average molecular weight is 595 g/mol. The molecule has 220 valence electrons. The van der Waals surface area contributed by atoms with Crippen LogP contribution in [0.3, 0.4) is 0 Å². The zero-order chi connectivity index (χ0) is 29.1. The first-order valence-electron chi connectivity index (χ1n) is 14.3. The van der Waals surface area contributed by atoms with Crippen LogP contribution in [0.25, 0.3) is 11.1 Å². The summed E-state index contributed by atoms with van der Waals surface area (Å²) in [6.45, 7) is 4.82. The molecule has 0 aliphatic heterocycles. The smallest absolute Gasteiger partial charge is 0.548 e. The van der Waals surface area contributed by atoms with Crippen molar-refractivity contribution in [3.8, 4) is 11.1 Å². The molecule has 1 amide bonds. The minimum absolute atomic E-state index is 0. The number of carbonyl (C=O) groups is 2. The van der Waals surface area contributed by atoms with Gasteiger partial charge in [0, 0.05) is 30.2 Å². The summed E-state index contributed by atoms with van der Waals surface area (Å²) < 4.78 is 23.1. The molecule has 0 aromatic heterocycles. The summed E-state index contributed by atoms with van der Waals surface area (Å²) in [4.78, 5) is 25.0. The maximum absolute atomic E-state index is 13.3. The van der Waals surface area contributed by atoms with E-state index in [1.165, 1.54) is 38.5 Å². The number of carboxylic acids is 1. The monoisotopic (exact) mass is 594 g/mol. The number of hydrogen-bond acceptors (Lipinski definition) is 7. The van der Waals surface area contributed by atoms with Gasteiger partial charge in [0.1, 0.15) is 9.84 Å². The molecule has 0 radical (unpaired) electrons. The average Bonchev–Trinajstić information content (AvgIpc) is 2.92. The van der Waals surface area contributed by atoms with E-state index >= 15 is 0 Å². The number of thioether (sulfide) groups is 1. The van der Waals surface area contributed by atoms with Crippen LogP contribution in [0.4, 0.5) is 0 Å². The maximum Gasteiger partial charge on any atom is 1.00 e. The molecule has 41 heavy (non-hydrogen) atoms. The van der Waals surface area contributed by atoms with Crippen LogP contribution in [0.15, 0.2) is 42.5 Å². The molecule has 2 unspecified atom stereocenters. The normalized spacial score (nSPS) is 15.5. The van der Waals surface area contributed by atoms with Gasteiger partial charge in [-0.3, -0.25) is 4.79 Å². The maximum atomic E-state index is 13.3. The van der Waals surface area contributed by atoms with Gasteiger partial charge in [0.15, 0.2) is 0 Å². The Kier molecular flexibility index (Phi) is 15.0. The first-order chi connectivity index (χ1) is 19.1. The van der Waals surface area contributed by atoms with Crippen molar-refractivity contribution in [1.82, 2.24) is 10.6 Å². The van der Waals surface area contributed by atoms with Crippen LogP contribution < -0.4 is 34.6 Å². The van der Waals surface area contributed by atoms with Gasteiger partial charge in [0.2, 0.25) is 0 Å². The largest absolute Gasteiger partial charge is 1.00 e. The van der Waals surface area contributed by atoms with E-state index in [0.717, 1.165) is 40.4 Å². The molecule has 1 aliphatic rings. The van der Waals surface area contributed by atoms with Crippen molar-refractivity contribution in [2.45, 2.75) is 77.4 Å². The van der Waals surface area contributed by atoms with E-state index in [0.29, 0.717) is 23.7 Å². The molecule has 2 N–H and O–H groups in total. The molecular weight excluding hydrogens is 551 g/mol. The fraction of sp³-hybridized carbons (Fsp3) is 0.548. The van der Waals surface area contributed by atoms with Crippen molar-refractivity contribution in [3.63, 3.8) is 0 Å². The predicted molar refractivity (Wildman–Crippen MR) is 162 cm³/mol. The van der Waals surface area contributed by atoms with Crippen molar-refractivity contribution in [1.29, 1.82) is 0 Å². The molecule has 10 heteroatoms. The van der Waals surface area contributed by atoms with E-state index in [-0.39, 0.29) is 31.0 Å². The number of carboxylic acid groups (broad SMARTS) is 1. The number of sulfone groups is 1. The molecular formula is C31H43LiN2O5S2. The van der Waals surface area contributed by atoms with E-state index in [4.69, 9.17) is 0 Å². The Morgan fingerprint density at radius 1 is 1.07 bits per heavy atom. The SMILES string of the molecule is CCSCC(CC1CCCCC1)NCc1ccc(C(=O)NC(CCS(C)(=O)=O)C(=O)[O-])c(-c2ccccc2C)c1.[Li+]. The molecule has 1 fully saturated rings. The summed E-state index contributed by atoms with van der Waals surface area (Å²) >= 11 is 1.96. The van der Waals surface area contributed by atoms with E-state index in [1.54, 1.807) is 6.07 Å². The molecule has 0 saturated heterocycles. The third kappa shape index (κ3) is 11.8. The number of aryl methyl sites for hydroxylation is 1. The molecule has 0 spiro atoms. The summed E-state index contributed by atoms with van der Waals surface area (Å²) in [6, 6.07) is 12.4. The number of hydrogen-bond donors (Lipinski definition) is 2. The van der Waals surface area contributed by atoms with Crippen LogP contribution in [0.1, 0.15) is 73.4 Å². The number of nitrogens with one attached hydrogen (secondary N) is 2. The Morgan fingerprint density at radius 3 is 2.41 bits per heavy atom. The zero-order valence-corrected chi connectivity index (χ0v) is 26.5. The van der Waals surface area contributed by atoms with Gasteiger partial charge in [-0.2, -0.15) is 11.8 Å². The Morgan fingerprint density at radius 2 is 1.78 bits per heavy atom. The van der Waals surface area contributed by atoms with E-state index in [2.05, 4.69) is 17.6 Å². The third-order valence-electron chi connectivity index (χ3n) is 7.59. The third-order valence-corrected chi connectivity index (χ3v) is 9.62. The second-order valence-electron chi connectivity index (χ2n) is 10.9. The van der Waals surface area contributed by atoms with Crippen molar-refractivity contribution in [2.75, 3.05) is 23.5 Å². The summed E-state index contributed by atoms with van der Waals surface area (Å²) in [7, 11) is -3.40. The molecule has 0 bridgehead atoms. The van der Waals surface area contributed by atoms with Crippen molar-refractivity contribution in [2.24, 2.45) is 5.92 Å². The first kappa shape index (κ1) is 35.4. The zero-order valence-electron chi connectivity index (χ0n) is 24.9. The molecule has 2 atom stereocenters. The first-order valence-corrected chi connectivity index (χ1v) is 17.5. The molecule has 1 saturated carbocycles. The van der Waals surface area contributed by atoms with Crippen molar-refractivity contribution >= 4 is 33.5 Å². The topological polar surface area (TPSA) is 115 Å². The molecule has 2 aromatic carbocycles. The second kappa shape index (κ2) is 17.4. The van der Waals surface area contributed by atoms with Crippen LogP contribution in [-0.2, 0) is 21.2 Å². The van der Waals surface area contributed by atoms with Crippen LogP contribution in [-0.4, -0.2) is 55.9 Å². The molecule has 0 heterocycles. The van der Waals surface area contributed by atoms with Gasteiger partial charge in [0.25, 0.3) is 5.91 Å². The van der Waals surface area contributed by atoms with Gasteiger partial charge in [-0.1, -0.05) is 69.4 Å². The van der Waals surface area contributed by atoms with Gasteiger partial charge in [-0.15, -0.1) is 0 Å². The Labute approximate surface area is 262 Å². The predicted octanol–water partition coefficient (Wildman–Crippen LogP) is 1.13.